The number of carboxylic acid groups (broad SMARTS) is 2. The molecule has 4 heterocycles. The average molecular weight is 585 g/mol. The number of ether oxygens (including phenoxy) is 2. The van der Waals surface area contributed by atoms with Crippen molar-refractivity contribution in [3.05, 3.63) is 48.3 Å². The number of alkyl halides is 6. The van der Waals surface area contributed by atoms with Crippen LogP contribution in [-0.4, -0.2) is 86.8 Å². The minimum atomic E-state index is -5.08. The molecule has 2 aliphatic rings. The predicted octanol–water partition coefficient (Wildman–Crippen LogP) is 3.62. The van der Waals surface area contributed by atoms with Crippen molar-refractivity contribution >= 4 is 11.9 Å². The maximum absolute atomic E-state index is 10.6. The molecular weight excluding hydrogens is 554 g/mol. The Morgan fingerprint density at radius 2 is 1.52 bits per heavy atom. The lowest BCUT2D eigenvalue weighted by Gasteiger charge is -2.30. The molecule has 2 aromatic rings. The number of carbonyl (C=O) groups is 2. The van der Waals surface area contributed by atoms with Gasteiger partial charge < -0.3 is 24.3 Å². The lowest BCUT2D eigenvalue weighted by Crippen LogP contribution is -2.35. The Morgan fingerprint density at radius 3 is 2.08 bits per heavy atom. The normalized spacial score (nSPS) is 18.3. The first kappa shape index (κ1) is 33.0. The van der Waals surface area contributed by atoms with Gasteiger partial charge in [-0.3, -0.25) is 9.88 Å². The minimum absolute atomic E-state index is 0.479. The number of hydrogen-bond acceptors (Lipinski definition) is 7. The van der Waals surface area contributed by atoms with Crippen molar-refractivity contribution in [2.45, 2.75) is 44.9 Å². The maximum Gasteiger partial charge on any atom is 0.490 e. The quantitative estimate of drug-likeness (QED) is 0.490. The fourth-order valence-corrected chi connectivity index (χ4v) is 4.00. The van der Waals surface area contributed by atoms with Crippen molar-refractivity contribution in [1.29, 1.82) is 0 Å². The third kappa shape index (κ3) is 12.3. The number of nitrogens with zero attached hydrogens (tertiary/aromatic N) is 4. The second-order valence-corrected chi connectivity index (χ2v) is 9.13. The fourth-order valence-electron chi connectivity index (χ4n) is 4.00. The first-order valence-corrected chi connectivity index (χ1v) is 12.1. The molecule has 0 amide bonds. The monoisotopic (exact) mass is 584 g/mol. The van der Waals surface area contributed by atoms with Crippen LogP contribution in [0, 0.1) is 11.8 Å². The van der Waals surface area contributed by atoms with Crippen LogP contribution in [0.4, 0.5) is 26.3 Å². The lowest BCUT2D eigenvalue weighted by atomic mass is 9.99. The molecule has 4 rings (SSSR count). The molecule has 0 spiro atoms. The third-order valence-corrected chi connectivity index (χ3v) is 5.87. The molecule has 1 saturated heterocycles. The van der Waals surface area contributed by atoms with Gasteiger partial charge in [0.15, 0.2) is 0 Å². The molecule has 16 heteroatoms. The van der Waals surface area contributed by atoms with Crippen LogP contribution >= 0.6 is 0 Å². The summed E-state index contributed by atoms with van der Waals surface area (Å²) in [5, 5.41) is 14.2. The molecule has 1 fully saturated rings. The van der Waals surface area contributed by atoms with Crippen LogP contribution < -0.4 is 0 Å². The summed E-state index contributed by atoms with van der Waals surface area (Å²) in [6.07, 6.45) is -0.201. The van der Waals surface area contributed by atoms with Gasteiger partial charge in [-0.2, -0.15) is 26.3 Å². The highest BCUT2D eigenvalue weighted by Gasteiger charge is 2.38. The zero-order valence-corrected chi connectivity index (χ0v) is 21.3. The van der Waals surface area contributed by atoms with E-state index in [2.05, 4.69) is 19.4 Å². The predicted molar refractivity (Wildman–Crippen MR) is 126 cm³/mol. The Labute approximate surface area is 225 Å². The number of aromatic nitrogens is 3. The number of imidazole rings is 1. The zero-order valence-electron chi connectivity index (χ0n) is 21.3. The highest BCUT2D eigenvalue weighted by atomic mass is 19.4. The summed E-state index contributed by atoms with van der Waals surface area (Å²) in [5.74, 6) is -4.29. The van der Waals surface area contributed by atoms with Crippen LogP contribution in [0.15, 0.2) is 37.1 Å². The van der Waals surface area contributed by atoms with Crippen LogP contribution in [0.1, 0.15) is 24.1 Å². The summed E-state index contributed by atoms with van der Waals surface area (Å²) in [5.41, 5.74) is 2.49. The number of pyridine rings is 1. The van der Waals surface area contributed by atoms with Crippen LogP contribution in [0.2, 0.25) is 0 Å². The van der Waals surface area contributed by atoms with E-state index in [9.17, 15) is 26.3 Å². The van der Waals surface area contributed by atoms with Crippen molar-refractivity contribution in [1.82, 2.24) is 19.4 Å². The van der Waals surface area contributed by atoms with E-state index in [1.165, 1.54) is 24.1 Å². The second-order valence-electron chi connectivity index (χ2n) is 9.13. The van der Waals surface area contributed by atoms with Crippen molar-refractivity contribution in [3.63, 3.8) is 0 Å². The molecule has 2 aliphatic heterocycles. The number of hydrogen-bond donors (Lipinski definition) is 2. The molecule has 0 aromatic carbocycles. The molecule has 40 heavy (non-hydrogen) atoms. The molecule has 0 bridgehead atoms. The Kier molecular flexibility index (Phi) is 12.8. The van der Waals surface area contributed by atoms with Crippen molar-refractivity contribution in [2.75, 3.05) is 32.9 Å². The second kappa shape index (κ2) is 15.5. The summed E-state index contributed by atoms with van der Waals surface area (Å²) in [4.78, 5) is 28.8. The number of fused-ring (bicyclic) bond motifs is 1. The van der Waals surface area contributed by atoms with Gasteiger partial charge in [0.1, 0.15) is 0 Å². The first-order valence-electron chi connectivity index (χ1n) is 12.1. The van der Waals surface area contributed by atoms with Gasteiger partial charge in [0, 0.05) is 63.9 Å². The van der Waals surface area contributed by atoms with Crippen molar-refractivity contribution < 1.29 is 55.6 Å². The zero-order chi connectivity index (χ0) is 29.8. The van der Waals surface area contributed by atoms with Crippen LogP contribution in [0.5, 0.6) is 0 Å². The van der Waals surface area contributed by atoms with E-state index in [0.717, 1.165) is 51.9 Å². The van der Waals surface area contributed by atoms with Gasteiger partial charge in [-0.05, 0) is 36.5 Å². The summed E-state index contributed by atoms with van der Waals surface area (Å²) in [6.45, 7) is 7.43. The number of halogens is 6. The average Bonchev–Trinajstić information content (AvgIpc) is 3.24. The molecule has 10 nitrogen and oxygen atoms in total. The molecule has 1 unspecified atom stereocenters. The molecule has 224 valence electrons. The Balaban J connectivity index is 0.000000333. The van der Waals surface area contributed by atoms with E-state index < -0.39 is 24.3 Å². The first-order chi connectivity index (χ1) is 18.8. The Hall–Kier alpha value is -3.24. The summed E-state index contributed by atoms with van der Waals surface area (Å²) in [7, 11) is 0. The SMILES string of the molecule is O=C(O)C(F)(F)F.O=C(O)C(F)(F)F.c1cc(COCC2CN(CC3CCOCC3)Cc3cncn3C2)ccn1. The van der Waals surface area contributed by atoms with Crippen LogP contribution in [0.25, 0.3) is 0 Å². The van der Waals surface area contributed by atoms with E-state index in [-0.39, 0.29) is 0 Å². The number of carboxylic acids is 2. The van der Waals surface area contributed by atoms with Gasteiger partial charge in [0.25, 0.3) is 0 Å². The standard InChI is InChI=1S/C20H28N4O2.2C2HF3O2/c1-5-21-6-2-18(1)14-26-15-19-11-23(10-17-3-7-25-8-4-17)13-20-9-22-16-24(20)12-19;2*3-2(4,5)1(6)7/h1-2,5-6,9,16-17,19H,3-4,7-8,10-15H2;2*(H,6,7). The topological polar surface area (TPSA) is 127 Å². The largest absolute Gasteiger partial charge is 0.490 e. The van der Waals surface area contributed by atoms with Crippen molar-refractivity contribution in [2.24, 2.45) is 11.8 Å². The Morgan fingerprint density at radius 1 is 0.950 bits per heavy atom. The van der Waals surface area contributed by atoms with Gasteiger partial charge in [-0.25, -0.2) is 14.6 Å². The van der Waals surface area contributed by atoms with E-state index >= 15 is 0 Å². The van der Waals surface area contributed by atoms with Gasteiger partial charge in [-0.15, -0.1) is 0 Å². The maximum atomic E-state index is 10.6. The molecule has 0 aliphatic carbocycles. The lowest BCUT2D eigenvalue weighted by molar-refractivity contribution is -0.193. The highest BCUT2D eigenvalue weighted by molar-refractivity contribution is 5.73. The number of aliphatic carboxylic acids is 2. The van der Waals surface area contributed by atoms with Gasteiger partial charge in [0.2, 0.25) is 0 Å². The van der Waals surface area contributed by atoms with Crippen molar-refractivity contribution in [3.8, 4) is 0 Å². The smallest absolute Gasteiger partial charge is 0.475 e. The summed E-state index contributed by atoms with van der Waals surface area (Å²) < 4.78 is 77.3. The number of rotatable bonds is 6. The highest BCUT2D eigenvalue weighted by Crippen LogP contribution is 2.22. The molecule has 0 radical (unpaired) electrons. The minimum Gasteiger partial charge on any atom is -0.475 e. The van der Waals surface area contributed by atoms with E-state index in [1.54, 1.807) is 0 Å². The van der Waals surface area contributed by atoms with Gasteiger partial charge in [-0.1, -0.05) is 0 Å². The molecule has 2 N–H and O–H groups in total. The molecular formula is C24H30F6N4O6. The summed E-state index contributed by atoms with van der Waals surface area (Å²) in [6, 6.07) is 4.02. The van der Waals surface area contributed by atoms with Gasteiger partial charge >= 0.3 is 24.3 Å². The Bertz CT molecular complexity index is 1020. The van der Waals surface area contributed by atoms with E-state index in [4.69, 9.17) is 29.3 Å². The fraction of sp³-hybridized carbons (Fsp3) is 0.583. The molecule has 2 aromatic heterocycles. The van der Waals surface area contributed by atoms with E-state index in [1.807, 2.05) is 37.1 Å². The van der Waals surface area contributed by atoms with E-state index in [0.29, 0.717) is 12.5 Å². The summed E-state index contributed by atoms with van der Waals surface area (Å²) >= 11 is 0. The van der Waals surface area contributed by atoms with Crippen LogP contribution in [-0.2, 0) is 38.8 Å². The third-order valence-electron chi connectivity index (χ3n) is 5.87. The van der Waals surface area contributed by atoms with Gasteiger partial charge in [0.05, 0.1) is 25.2 Å². The molecule has 1 atom stereocenters. The molecule has 0 saturated carbocycles. The van der Waals surface area contributed by atoms with Crippen LogP contribution in [0.3, 0.4) is 0 Å².